The van der Waals surface area contributed by atoms with Gasteiger partial charge in [-0.15, -0.1) is 0 Å². The smallest absolute Gasteiger partial charge is 0.310 e. The zero-order chi connectivity index (χ0) is 13.2. The molecule has 1 aliphatic heterocycles. The van der Waals surface area contributed by atoms with Gasteiger partial charge in [0.2, 0.25) is 0 Å². The molecular weight excluding hydrogens is 228 g/mol. The molecule has 0 fully saturated rings. The number of ether oxygens (including phenoxy) is 2. The molecule has 0 atom stereocenters. The summed E-state index contributed by atoms with van der Waals surface area (Å²) in [6, 6.07) is 7.82. The van der Waals surface area contributed by atoms with Gasteiger partial charge in [0.15, 0.2) is 0 Å². The second-order valence-corrected chi connectivity index (χ2v) is 4.80. The average Bonchev–Trinajstić information content (AvgIpc) is 2.29. The van der Waals surface area contributed by atoms with Crippen molar-refractivity contribution in [1.29, 1.82) is 0 Å². The fraction of sp³-hybridized carbons (Fsp3) is 0.400. The molecule has 18 heavy (non-hydrogen) atoms. The van der Waals surface area contributed by atoms with Crippen LogP contribution in [0.3, 0.4) is 0 Å². The number of hydrogen-bond donors (Lipinski definition) is 0. The number of carbonyl (C=O) groups excluding carboxylic acids is 1. The minimum atomic E-state index is -0.471. The van der Waals surface area contributed by atoms with Gasteiger partial charge >= 0.3 is 5.97 Å². The number of para-hydroxylation sites is 1. The van der Waals surface area contributed by atoms with Gasteiger partial charge in [0.25, 0.3) is 0 Å². The van der Waals surface area contributed by atoms with Crippen LogP contribution in [0.4, 0.5) is 0 Å². The predicted molar refractivity (Wildman–Crippen MR) is 70.4 cm³/mol. The van der Waals surface area contributed by atoms with E-state index in [-0.39, 0.29) is 12.4 Å². The van der Waals surface area contributed by atoms with Gasteiger partial charge in [-0.25, -0.2) is 0 Å². The van der Waals surface area contributed by atoms with E-state index in [4.69, 9.17) is 9.47 Å². The molecule has 3 heteroatoms. The third-order valence-electron chi connectivity index (χ3n) is 3.03. The van der Waals surface area contributed by atoms with Crippen molar-refractivity contribution >= 4 is 12.0 Å². The van der Waals surface area contributed by atoms with Gasteiger partial charge in [-0.2, -0.15) is 0 Å². The lowest BCUT2D eigenvalue weighted by Gasteiger charge is -2.33. The summed E-state index contributed by atoms with van der Waals surface area (Å²) in [6.45, 7) is 6.15. The van der Waals surface area contributed by atoms with Gasteiger partial charge in [0, 0.05) is 5.56 Å². The molecule has 0 N–H and O–H groups in total. The Morgan fingerprint density at radius 1 is 1.33 bits per heavy atom. The largest absolute Gasteiger partial charge is 0.483 e. The van der Waals surface area contributed by atoms with E-state index in [9.17, 15) is 4.79 Å². The van der Waals surface area contributed by atoms with Gasteiger partial charge in [0.1, 0.15) is 11.4 Å². The van der Waals surface area contributed by atoms with Crippen molar-refractivity contribution in [3.8, 4) is 5.75 Å². The molecule has 0 saturated carbocycles. The third kappa shape index (κ3) is 2.55. The molecule has 2 rings (SSSR count). The van der Waals surface area contributed by atoms with Crippen LogP contribution < -0.4 is 4.74 Å². The molecular formula is C15H18O3. The van der Waals surface area contributed by atoms with E-state index >= 15 is 0 Å². The van der Waals surface area contributed by atoms with E-state index in [0.717, 1.165) is 16.9 Å². The lowest BCUT2D eigenvalue weighted by Crippen LogP contribution is -2.34. The van der Waals surface area contributed by atoms with Crippen LogP contribution in [0.5, 0.6) is 5.75 Å². The van der Waals surface area contributed by atoms with Crippen molar-refractivity contribution in [1.82, 2.24) is 0 Å². The Morgan fingerprint density at radius 2 is 2.06 bits per heavy atom. The Balaban J connectivity index is 2.28. The Hall–Kier alpha value is -1.77. The van der Waals surface area contributed by atoms with Crippen LogP contribution in [0.15, 0.2) is 29.8 Å². The van der Waals surface area contributed by atoms with Crippen LogP contribution in [0.1, 0.15) is 32.8 Å². The first-order valence-electron chi connectivity index (χ1n) is 6.17. The summed E-state index contributed by atoms with van der Waals surface area (Å²) in [5, 5.41) is 0. The Morgan fingerprint density at radius 3 is 2.78 bits per heavy atom. The first-order chi connectivity index (χ1) is 8.53. The fourth-order valence-corrected chi connectivity index (χ4v) is 2.03. The highest BCUT2D eigenvalue weighted by Gasteiger charge is 2.31. The monoisotopic (exact) mass is 246 g/mol. The number of hydrogen-bond acceptors (Lipinski definition) is 3. The lowest BCUT2D eigenvalue weighted by molar-refractivity contribution is -0.142. The van der Waals surface area contributed by atoms with E-state index in [1.54, 1.807) is 0 Å². The fourth-order valence-electron chi connectivity index (χ4n) is 2.03. The normalized spacial score (nSPS) is 16.3. The summed E-state index contributed by atoms with van der Waals surface area (Å²) in [5.41, 5.74) is 1.48. The van der Waals surface area contributed by atoms with Crippen molar-refractivity contribution in [2.24, 2.45) is 0 Å². The molecule has 1 aromatic carbocycles. The molecule has 1 aromatic rings. The van der Waals surface area contributed by atoms with Crippen LogP contribution in [0, 0.1) is 0 Å². The van der Waals surface area contributed by atoms with Gasteiger partial charge in [0.05, 0.1) is 13.0 Å². The van der Waals surface area contributed by atoms with Crippen LogP contribution in [0.2, 0.25) is 0 Å². The molecule has 0 saturated heterocycles. The molecule has 0 aliphatic carbocycles. The van der Waals surface area contributed by atoms with Gasteiger partial charge < -0.3 is 9.47 Å². The van der Waals surface area contributed by atoms with E-state index in [1.165, 1.54) is 0 Å². The number of benzene rings is 1. The van der Waals surface area contributed by atoms with Gasteiger partial charge in [-0.3, -0.25) is 4.79 Å². The maximum absolute atomic E-state index is 11.6. The quantitative estimate of drug-likeness (QED) is 0.768. The molecule has 0 unspecified atom stereocenters. The molecule has 0 aromatic heterocycles. The molecule has 3 nitrogen and oxygen atoms in total. The Labute approximate surface area is 107 Å². The van der Waals surface area contributed by atoms with E-state index in [1.807, 2.05) is 51.1 Å². The van der Waals surface area contributed by atoms with Crippen molar-refractivity contribution < 1.29 is 14.3 Å². The number of fused-ring (bicyclic) bond motifs is 1. The molecule has 0 amide bonds. The summed E-state index contributed by atoms with van der Waals surface area (Å²) in [7, 11) is 0. The summed E-state index contributed by atoms with van der Waals surface area (Å²) >= 11 is 0. The zero-order valence-corrected chi connectivity index (χ0v) is 11.0. The summed E-state index contributed by atoms with van der Waals surface area (Å²) in [4.78, 5) is 11.6. The van der Waals surface area contributed by atoms with E-state index in [0.29, 0.717) is 6.61 Å². The van der Waals surface area contributed by atoms with Gasteiger partial charge in [-0.1, -0.05) is 18.2 Å². The minimum Gasteiger partial charge on any atom is -0.483 e. The Kier molecular flexibility index (Phi) is 3.41. The standard InChI is InChI=1S/C15H18O3/c1-4-17-14(16)10-12-9-11-7-5-6-8-13(11)18-15(12,2)3/h5-9H,4,10H2,1-3H3. The number of esters is 1. The zero-order valence-electron chi connectivity index (χ0n) is 11.0. The molecule has 96 valence electrons. The number of rotatable bonds is 3. The maximum atomic E-state index is 11.6. The number of carbonyl (C=O) groups is 1. The van der Waals surface area contributed by atoms with Crippen molar-refractivity contribution in [2.45, 2.75) is 32.8 Å². The summed E-state index contributed by atoms with van der Waals surface area (Å²) < 4.78 is 10.9. The second kappa shape index (κ2) is 4.84. The predicted octanol–water partition coefficient (Wildman–Crippen LogP) is 3.19. The van der Waals surface area contributed by atoms with Crippen LogP contribution in [0.25, 0.3) is 6.08 Å². The molecule has 0 bridgehead atoms. The average molecular weight is 246 g/mol. The lowest BCUT2D eigenvalue weighted by atomic mass is 9.90. The minimum absolute atomic E-state index is 0.209. The van der Waals surface area contributed by atoms with Crippen molar-refractivity contribution in [2.75, 3.05) is 6.61 Å². The van der Waals surface area contributed by atoms with Crippen LogP contribution in [-0.2, 0) is 9.53 Å². The maximum Gasteiger partial charge on any atom is 0.310 e. The van der Waals surface area contributed by atoms with E-state index in [2.05, 4.69) is 0 Å². The molecule has 0 spiro atoms. The highest BCUT2D eigenvalue weighted by molar-refractivity contribution is 5.77. The van der Waals surface area contributed by atoms with E-state index < -0.39 is 5.60 Å². The SMILES string of the molecule is CCOC(=O)CC1=Cc2ccccc2OC1(C)C. The first-order valence-corrected chi connectivity index (χ1v) is 6.17. The molecule has 0 radical (unpaired) electrons. The second-order valence-electron chi connectivity index (χ2n) is 4.80. The highest BCUT2D eigenvalue weighted by Crippen LogP contribution is 2.36. The summed E-state index contributed by atoms with van der Waals surface area (Å²) in [5.74, 6) is 0.648. The van der Waals surface area contributed by atoms with Crippen LogP contribution >= 0.6 is 0 Å². The van der Waals surface area contributed by atoms with Gasteiger partial charge in [-0.05, 0) is 38.5 Å². The molecule has 1 heterocycles. The topological polar surface area (TPSA) is 35.5 Å². The Bertz CT molecular complexity index is 486. The first kappa shape index (κ1) is 12.7. The van der Waals surface area contributed by atoms with Crippen molar-refractivity contribution in [3.63, 3.8) is 0 Å². The third-order valence-corrected chi connectivity index (χ3v) is 3.03. The summed E-state index contributed by atoms with van der Waals surface area (Å²) in [6.07, 6.45) is 2.30. The van der Waals surface area contributed by atoms with Crippen molar-refractivity contribution in [3.05, 3.63) is 35.4 Å². The molecule has 1 aliphatic rings. The van der Waals surface area contributed by atoms with Crippen LogP contribution in [-0.4, -0.2) is 18.2 Å². The highest BCUT2D eigenvalue weighted by atomic mass is 16.5.